The third-order valence-corrected chi connectivity index (χ3v) is 3.19. The van der Waals surface area contributed by atoms with Gasteiger partial charge in [0, 0.05) is 23.1 Å². The van der Waals surface area contributed by atoms with Gasteiger partial charge in [0.25, 0.3) is 0 Å². The van der Waals surface area contributed by atoms with Crippen LogP contribution in [0.4, 0.5) is 0 Å². The number of benzene rings is 1. The fourth-order valence-electron chi connectivity index (χ4n) is 1.61. The van der Waals surface area contributed by atoms with E-state index in [1.165, 1.54) is 5.56 Å². The number of hydrogen-bond acceptors (Lipinski definition) is 2. The molecule has 0 saturated carbocycles. The Kier molecular flexibility index (Phi) is 5.26. The monoisotopic (exact) mass is 240 g/mol. The van der Waals surface area contributed by atoms with Gasteiger partial charge in [-0.1, -0.05) is 30.7 Å². The first-order chi connectivity index (χ1) is 7.54. The predicted molar refractivity (Wildman–Crippen MR) is 70.7 cm³/mol. The summed E-state index contributed by atoms with van der Waals surface area (Å²) in [5.74, 6) is 0. The van der Waals surface area contributed by atoms with Crippen molar-refractivity contribution >= 4 is 11.6 Å². The highest BCUT2D eigenvalue weighted by Crippen LogP contribution is 2.19. The van der Waals surface area contributed by atoms with E-state index in [-0.39, 0.29) is 6.04 Å². The highest BCUT2D eigenvalue weighted by molar-refractivity contribution is 6.30. The smallest absolute Gasteiger partial charge is 0.0406 e. The van der Waals surface area contributed by atoms with E-state index < -0.39 is 0 Å². The van der Waals surface area contributed by atoms with Crippen LogP contribution in [0.1, 0.15) is 38.8 Å². The average molecular weight is 241 g/mol. The van der Waals surface area contributed by atoms with Crippen LogP contribution >= 0.6 is 11.6 Å². The molecule has 0 aromatic heterocycles. The number of halogens is 1. The van der Waals surface area contributed by atoms with Crippen molar-refractivity contribution in [3.05, 3.63) is 34.9 Å². The molecule has 16 heavy (non-hydrogen) atoms. The Labute approximate surface area is 103 Å². The summed E-state index contributed by atoms with van der Waals surface area (Å²) in [5.41, 5.74) is 7.12. The molecule has 0 spiro atoms. The van der Waals surface area contributed by atoms with Crippen LogP contribution in [0.25, 0.3) is 0 Å². The van der Waals surface area contributed by atoms with E-state index in [2.05, 4.69) is 31.3 Å². The van der Waals surface area contributed by atoms with E-state index >= 15 is 0 Å². The lowest BCUT2D eigenvalue weighted by Crippen LogP contribution is -2.42. The van der Waals surface area contributed by atoms with Crippen LogP contribution in [-0.2, 0) is 0 Å². The molecule has 3 atom stereocenters. The SMILES string of the molecule is CCC(NC(C)C(C)N)c1ccc(Cl)cc1. The lowest BCUT2D eigenvalue weighted by atomic mass is 10.0. The summed E-state index contributed by atoms with van der Waals surface area (Å²) in [5, 5.41) is 4.31. The molecule has 0 heterocycles. The Balaban J connectivity index is 2.70. The molecule has 0 bridgehead atoms. The molecule has 0 aliphatic heterocycles. The number of rotatable bonds is 5. The van der Waals surface area contributed by atoms with Crippen molar-refractivity contribution in [2.45, 2.75) is 45.3 Å². The number of hydrogen-bond donors (Lipinski definition) is 2. The maximum absolute atomic E-state index is 5.88. The lowest BCUT2D eigenvalue weighted by molar-refractivity contribution is 0.406. The van der Waals surface area contributed by atoms with Crippen LogP contribution in [0.5, 0.6) is 0 Å². The van der Waals surface area contributed by atoms with Gasteiger partial charge in [0.2, 0.25) is 0 Å². The molecule has 0 aliphatic carbocycles. The molecule has 3 heteroatoms. The van der Waals surface area contributed by atoms with Crippen molar-refractivity contribution in [2.24, 2.45) is 5.73 Å². The summed E-state index contributed by atoms with van der Waals surface area (Å²) in [6.45, 7) is 6.30. The fraction of sp³-hybridized carbons (Fsp3) is 0.538. The van der Waals surface area contributed by atoms with Gasteiger partial charge in [-0.15, -0.1) is 0 Å². The summed E-state index contributed by atoms with van der Waals surface area (Å²) in [7, 11) is 0. The van der Waals surface area contributed by atoms with E-state index in [1.807, 2.05) is 19.1 Å². The Morgan fingerprint density at radius 2 is 1.81 bits per heavy atom. The van der Waals surface area contributed by atoms with Crippen molar-refractivity contribution in [3.63, 3.8) is 0 Å². The van der Waals surface area contributed by atoms with Gasteiger partial charge in [-0.2, -0.15) is 0 Å². The van der Waals surface area contributed by atoms with E-state index in [9.17, 15) is 0 Å². The van der Waals surface area contributed by atoms with Crippen molar-refractivity contribution in [3.8, 4) is 0 Å². The van der Waals surface area contributed by atoms with E-state index in [1.54, 1.807) is 0 Å². The molecule has 3 N–H and O–H groups in total. The Bertz CT molecular complexity index is 308. The van der Waals surface area contributed by atoms with Crippen LogP contribution in [0.15, 0.2) is 24.3 Å². The minimum atomic E-state index is 0.154. The third-order valence-electron chi connectivity index (χ3n) is 2.93. The molecular formula is C13H21ClN2. The topological polar surface area (TPSA) is 38.0 Å². The minimum Gasteiger partial charge on any atom is -0.327 e. The van der Waals surface area contributed by atoms with Crippen molar-refractivity contribution < 1.29 is 0 Å². The maximum atomic E-state index is 5.88. The summed E-state index contributed by atoms with van der Waals surface area (Å²) in [6, 6.07) is 8.80. The third kappa shape index (κ3) is 3.78. The molecule has 1 aromatic carbocycles. The average Bonchev–Trinajstić information content (AvgIpc) is 2.26. The lowest BCUT2D eigenvalue weighted by Gasteiger charge is -2.25. The molecule has 2 nitrogen and oxygen atoms in total. The Morgan fingerprint density at radius 1 is 1.25 bits per heavy atom. The predicted octanol–water partition coefficient (Wildman–Crippen LogP) is 3.12. The van der Waals surface area contributed by atoms with Gasteiger partial charge in [0.1, 0.15) is 0 Å². The van der Waals surface area contributed by atoms with Gasteiger partial charge in [-0.3, -0.25) is 0 Å². The van der Waals surface area contributed by atoms with Gasteiger partial charge >= 0.3 is 0 Å². The number of nitrogens with two attached hydrogens (primary N) is 1. The quantitative estimate of drug-likeness (QED) is 0.830. The molecule has 0 fully saturated rings. The van der Waals surface area contributed by atoms with Gasteiger partial charge in [-0.25, -0.2) is 0 Å². The van der Waals surface area contributed by atoms with E-state index in [4.69, 9.17) is 17.3 Å². The fourth-order valence-corrected chi connectivity index (χ4v) is 1.74. The van der Waals surface area contributed by atoms with E-state index in [0.717, 1.165) is 11.4 Å². The normalized spacial score (nSPS) is 16.8. The van der Waals surface area contributed by atoms with Gasteiger partial charge < -0.3 is 11.1 Å². The van der Waals surface area contributed by atoms with Crippen LogP contribution in [0.3, 0.4) is 0 Å². The van der Waals surface area contributed by atoms with Gasteiger partial charge in [0.15, 0.2) is 0 Å². The van der Waals surface area contributed by atoms with Crippen LogP contribution in [0.2, 0.25) is 5.02 Å². The molecule has 1 aromatic rings. The molecular weight excluding hydrogens is 220 g/mol. The highest BCUT2D eigenvalue weighted by Gasteiger charge is 2.14. The summed E-state index contributed by atoms with van der Waals surface area (Å²) in [4.78, 5) is 0. The minimum absolute atomic E-state index is 0.154. The van der Waals surface area contributed by atoms with Crippen molar-refractivity contribution in [1.82, 2.24) is 5.32 Å². The first-order valence-corrected chi connectivity index (χ1v) is 6.19. The second-order valence-corrected chi connectivity index (χ2v) is 4.76. The van der Waals surface area contributed by atoms with Crippen molar-refractivity contribution in [2.75, 3.05) is 0 Å². The van der Waals surface area contributed by atoms with Crippen LogP contribution in [0, 0.1) is 0 Å². The zero-order valence-electron chi connectivity index (χ0n) is 10.2. The standard InChI is InChI=1S/C13H21ClN2/c1-4-13(16-10(3)9(2)15)11-5-7-12(14)8-6-11/h5-10,13,16H,4,15H2,1-3H3. The molecule has 0 amide bonds. The molecule has 1 rings (SSSR count). The van der Waals surface area contributed by atoms with E-state index in [0.29, 0.717) is 12.1 Å². The molecule has 90 valence electrons. The van der Waals surface area contributed by atoms with Gasteiger partial charge in [-0.05, 0) is 38.0 Å². The summed E-state index contributed by atoms with van der Waals surface area (Å²) < 4.78 is 0. The van der Waals surface area contributed by atoms with Gasteiger partial charge in [0.05, 0.1) is 0 Å². The largest absolute Gasteiger partial charge is 0.327 e. The van der Waals surface area contributed by atoms with Crippen LogP contribution < -0.4 is 11.1 Å². The Hall–Kier alpha value is -0.570. The first kappa shape index (κ1) is 13.5. The first-order valence-electron chi connectivity index (χ1n) is 5.81. The number of nitrogens with one attached hydrogen (secondary N) is 1. The molecule has 0 saturated heterocycles. The molecule has 0 aliphatic rings. The maximum Gasteiger partial charge on any atom is 0.0406 e. The summed E-state index contributed by atoms with van der Waals surface area (Å²) in [6.07, 6.45) is 1.04. The summed E-state index contributed by atoms with van der Waals surface area (Å²) >= 11 is 5.88. The second-order valence-electron chi connectivity index (χ2n) is 4.33. The zero-order chi connectivity index (χ0) is 12.1. The zero-order valence-corrected chi connectivity index (χ0v) is 11.0. The molecule has 0 radical (unpaired) electrons. The molecule has 3 unspecified atom stereocenters. The second kappa shape index (κ2) is 6.24. The Morgan fingerprint density at radius 3 is 2.25 bits per heavy atom. The van der Waals surface area contributed by atoms with Crippen LogP contribution in [-0.4, -0.2) is 12.1 Å². The highest BCUT2D eigenvalue weighted by atomic mass is 35.5. The van der Waals surface area contributed by atoms with Crippen molar-refractivity contribution in [1.29, 1.82) is 0 Å².